The van der Waals surface area contributed by atoms with Gasteiger partial charge in [-0.2, -0.15) is 8.78 Å². The van der Waals surface area contributed by atoms with Crippen LogP contribution in [0.4, 0.5) is 14.5 Å². The highest BCUT2D eigenvalue weighted by atomic mass is 35.5. The molecule has 0 aliphatic rings. The Morgan fingerprint density at radius 3 is 2.36 bits per heavy atom. The number of alkyl halides is 2. The number of amides is 1. The molecule has 1 amide bonds. The minimum Gasteiger partial charge on any atom is -0.435 e. The van der Waals surface area contributed by atoms with Crippen molar-refractivity contribution in [3.05, 3.63) is 58.1 Å². The van der Waals surface area contributed by atoms with Gasteiger partial charge < -0.3 is 10.1 Å². The van der Waals surface area contributed by atoms with E-state index in [-0.39, 0.29) is 18.1 Å². The molecule has 0 atom stereocenters. The van der Waals surface area contributed by atoms with E-state index in [1.807, 2.05) is 0 Å². The first kappa shape index (κ1) is 16.5. The van der Waals surface area contributed by atoms with E-state index in [1.165, 1.54) is 24.3 Å². The minimum atomic E-state index is -2.88. The van der Waals surface area contributed by atoms with Gasteiger partial charge in [-0.05, 0) is 42.0 Å². The normalized spacial score (nSPS) is 10.6. The summed E-state index contributed by atoms with van der Waals surface area (Å²) in [7, 11) is 0. The third-order valence-electron chi connectivity index (χ3n) is 2.71. The zero-order valence-corrected chi connectivity index (χ0v) is 12.7. The Morgan fingerprint density at radius 1 is 1.09 bits per heavy atom. The molecule has 0 heterocycles. The summed E-state index contributed by atoms with van der Waals surface area (Å²) in [5.74, 6) is -0.238. The molecule has 0 unspecified atom stereocenters. The van der Waals surface area contributed by atoms with E-state index >= 15 is 0 Å². The second-order valence-corrected chi connectivity index (χ2v) is 5.19. The summed E-state index contributed by atoms with van der Waals surface area (Å²) in [5.41, 5.74) is 1.19. The molecule has 0 aliphatic carbocycles. The lowest BCUT2D eigenvalue weighted by Crippen LogP contribution is -2.14. The van der Waals surface area contributed by atoms with E-state index in [0.717, 1.165) is 0 Å². The van der Waals surface area contributed by atoms with E-state index in [4.69, 9.17) is 23.2 Å². The standard InChI is InChI=1S/C15H11Cl2F2NO2/c16-12-6-1-9(7-13(12)17)8-14(21)20-10-2-4-11(5-3-10)22-15(18)19/h1-7,15H,8H2,(H,20,21). The second kappa shape index (κ2) is 7.42. The first-order valence-electron chi connectivity index (χ1n) is 6.22. The predicted octanol–water partition coefficient (Wildman–Crippen LogP) is 4.78. The average molecular weight is 346 g/mol. The van der Waals surface area contributed by atoms with Crippen molar-refractivity contribution in [1.29, 1.82) is 0 Å². The van der Waals surface area contributed by atoms with Crippen LogP contribution in [0, 0.1) is 0 Å². The summed E-state index contributed by atoms with van der Waals surface area (Å²) in [4.78, 5) is 11.9. The Bertz CT molecular complexity index is 663. The van der Waals surface area contributed by atoms with Crippen LogP contribution in [-0.2, 0) is 11.2 Å². The lowest BCUT2D eigenvalue weighted by Gasteiger charge is -2.08. The van der Waals surface area contributed by atoms with Crippen molar-refractivity contribution in [1.82, 2.24) is 0 Å². The van der Waals surface area contributed by atoms with E-state index in [2.05, 4.69) is 10.1 Å². The van der Waals surface area contributed by atoms with E-state index in [9.17, 15) is 13.6 Å². The smallest absolute Gasteiger partial charge is 0.387 e. The Kier molecular flexibility index (Phi) is 5.57. The number of nitrogens with one attached hydrogen (secondary N) is 1. The molecular weight excluding hydrogens is 335 g/mol. The van der Waals surface area contributed by atoms with Crippen LogP contribution < -0.4 is 10.1 Å². The summed E-state index contributed by atoms with van der Waals surface area (Å²) in [5, 5.41) is 3.44. The van der Waals surface area contributed by atoms with Crippen molar-refractivity contribution in [2.24, 2.45) is 0 Å². The highest BCUT2D eigenvalue weighted by molar-refractivity contribution is 6.42. The van der Waals surface area contributed by atoms with Crippen LogP contribution in [0.2, 0.25) is 10.0 Å². The second-order valence-electron chi connectivity index (χ2n) is 4.38. The van der Waals surface area contributed by atoms with Gasteiger partial charge in [0, 0.05) is 5.69 Å². The first-order chi connectivity index (χ1) is 10.4. The number of halogens is 4. The molecule has 0 bridgehead atoms. The summed E-state index contributed by atoms with van der Waals surface area (Å²) in [6.07, 6.45) is 0.117. The fourth-order valence-electron chi connectivity index (χ4n) is 1.76. The predicted molar refractivity (Wildman–Crippen MR) is 81.9 cm³/mol. The molecule has 0 saturated heterocycles. The Hall–Kier alpha value is -1.85. The number of anilines is 1. The summed E-state index contributed by atoms with van der Waals surface area (Å²) >= 11 is 11.7. The highest BCUT2D eigenvalue weighted by Crippen LogP contribution is 2.23. The van der Waals surface area contributed by atoms with Crippen molar-refractivity contribution in [3.8, 4) is 5.75 Å². The van der Waals surface area contributed by atoms with Gasteiger partial charge in [0.2, 0.25) is 5.91 Å². The van der Waals surface area contributed by atoms with Gasteiger partial charge in [0.05, 0.1) is 16.5 Å². The molecule has 7 heteroatoms. The molecule has 0 fully saturated rings. The number of carbonyl (C=O) groups is 1. The molecule has 1 N–H and O–H groups in total. The number of carbonyl (C=O) groups excluding carboxylic acids is 1. The van der Waals surface area contributed by atoms with Gasteiger partial charge in [-0.3, -0.25) is 4.79 Å². The van der Waals surface area contributed by atoms with Gasteiger partial charge in [-0.1, -0.05) is 29.3 Å². The van der Waals surface area contributed by atoms with Gasteiger partial charge in [0.1, 0.15) is 5.75 Å². The van der Waals surface area contributed by atoms with Crippen molar-refractivity contribution >= 4 is 34.8 Å². The minimum absolute atomic E-state index is 0.0254. The van der Waals surface area contributed by atoms with Crippen LogP contribution in [0.3, 0.4) is 0 Å². The fourth-order valence-corrected chi connectivity index (χ4v) is 2.08. The molecular formula is C15H11Cl2F2NO2. The van der Waals surface area contributed by atoms with Crippen LogP contribution in [0.1, 0.15) is 5.56 Å². The lowest BCUT2D eigenvalue weighted by atomic mass is 10.1. The van der Waals surface area contributed by atoms with E-state index < -0.39 is 6.61 Å². The molecule has 0 radical (unpaired) electrons. The Balaban J connectivity index is 1.95. The Morgan fingerprint density at radius 2 is 1.77 bits per heavy atom. The van der Waals surface area contributed by atoms with Gasteiger partial charge >= 0.3 is 6.61 Å². The zero-order valence-electron chi connectivity index (χ0n) is 11.2. The SMILES string of the molecule is O=C(Cc1ccc(Cl)c(Cl)c1)Nc1ccc(OC(F)F)cc1. The topological polar surface area (TPSA) is 38.3 Å². The molecule has 2 aromatic carbocycles. The van der Waals surface area contributed by atoms with E-state index in [1.54, 1.807) is 18.2 Å². The van der Waals surface area contributed by atoms with Crippen LogP contribution >= 0.6 is 23.2 Å². The Labute approximate surface area is 135 Å². The van der Waals surface area contributed by atoms with Crippen LogP contribution in [0.25, 0.3) is 0 Å². The molecule has 0 spiro atoms. The highest BCUT2D eigenvalue weighted by Gasteiger charge is 2.08. The van der Waals surface area contributed by atoms with Crippen LogP contribution in [0.15, 0.2) is 42.5 Å². The monoisotopic (exact) mass is 345 g/mol. The quantitative estimate of drug-likeness (QED) is 0.847. The third-order valence-corrected chi connectivity index (χ3v) is 3.45. The number of rotatable bonds is 5. The van der Waals surface area contributed by atoms with Crippen molar-refractivity contribution in [2.75, 3.05) is 5.32 Å². The summed E-state index contributed by atoms with van der Waals surface area (Å²) < 4.78 is 28.3. The number of hydrogen-bond donors (Lipinski definition) is 1. The molecule has 2 rings (SSSR count). The van der Waals surface area contributed by atoms with Gasteiger partial charge in [0.15, 0.2) is 0 Å². The molecule has 0 aromatic heterocycles. The molecule has 0 saturated carbocycles. The zero-order chi connectivity index (χ0) is 16.1. The maximum atomic E-state index is 12.0. The van der Waals surface area contributed by atoms with Crippen LogP contribution in [-0.4, -0.2) is 12.5 Å². The maximum Gasteiger partial charge on any atom is 0.387 e. The largest absolute Gasteiger partial charge is 0.435 e. The molecule has 2 aromatic rings. The summed E-state index contributed by atoms with van der Waals surface area (Å²) in [6, 6.07) is 10.6. The lowest BCUT2D eigenvalue weighted by molar-refractivity contribution is -0.115. The van der Waals surface area contributed by atoms with Crippen LogP contribution in [0.5, 0.6) is 5.75 Å². The summed E-state index contributed by atoms with van der Waals surface area (Å²) in [6.45, 7) is -2.88. The molecule has 3 nitrogen and oxygen atoms in total. The maximum absolute atomic E-state index is 12.0. The molecule has 116 valence electrons. The van der Waals surface area contributed by atoms with Gasteiger partial charge in [-0.15, -0.1) is 0 Å². The van der Waals surface area contributed by atoms with Crippen molar-refractivity contribution in [3.63, 3.8) is 0 Å². The first-order valence-corrected chi connectivity index (χ1v) is 6.98. The molecule has 0 aliphatic heterocycles. The number of hydrogen-bond acceptors (Lipinski definition) is 2. The van der Waals surface area contributed by atoms with Gasteiger partial charge in [0.25, 0.3) is 0 Å². The third kappa shape index (κ3) is 4.86. The van der Waals surface area contributed by atoms with E-state index in [0.29, 0.717) is 21.3 Å². The fraction of sp³-hybridized carbons (Fsp3) is 0.133. The average Bonchev–Trinajstić information content (AvgIpc) is 2.44. The molecule has 22 heavy (non-hydrogen) atoms. The van der Waals surface area contributed by atoms with Crippen molar-refractivity contribution in [2.45, 2.75) is 13.0 Å². The van der Waals surface area contributed by atoms with Crippen molar-refractivity contribution < 1.29 is 18.3 Å². The number of ether oxygens (including phenoxy) is 1. The number of benzene rings is 2. The van der Waals surface area contributed by atoms with Gasteiger partial charge in [-0.25, -0.2) is 0 Å².